The number of nitrogens with one attached hydrogen (secondary N) is 1. The molecule has 0 aliphatic heterocycles. The normalized spacial score (nSPS) is 22.0. The quantitative estimate of drug-likeness (QED) is 0.714. The van der Waals surface area contributed by atoms with Crippen LogP contribution >= 0.6 is 0 Å². The molecule has 0 unspecified atom stereocenters. The molecule has 1 aliphatic rings. The van der Waals surface area contributed by atoms with Crippen molar-refractivity contribution >= 4 is 0 Å². The van der Waals surface area contributed by atoms with Crippen molar-refractivity contribution in [2.75, 3.05) is 0 Å². The van der Waals surface area contributed by atoms with Crippen molar-refractivity contribution in [2.45, 2.75) is 25.7 Å². The lowest BCUT2D eigenvalue weighted by Crippen LogP contribution is -1.90. The molecule has 1 heterocycles. The van der Waals surface area contributed by atoms with Crippen LogP contribution in [0.25, 0.3) is 11.4 Å². The van der Waals surface area contributed by atoms with Crippen LogP contribution in [0.4, 0.5) is 4.39 Å². The van der Waals surface area contributed by atoms with Gasteiger partial charge in [-0.1, -0.05) is 56.3 Å². The summed E-state index contributed by atoms with van der Waals surface area (Å²) in [4.78, 5) is 7.86. The Morgan fingerprint density at radius 3 is 2.52 bits per heavy atom. The van der Waals surface area contributed by atoms with E-state index in [-0.39, 0.29) is 11.2 Å². The lowest BCUT2D eigenvalue weighted by molar-refractivity contribution is 0.598. The van der Waals surface area contributed by atoms with Gasteiger partial charge in [0.1, 0.15) is 11.6 Å². The number of hydrogen-bond donors (Lipinski definition) is 1. The van der Waals surface area contributed by atoms with Crippen LogP contribution in [-0.4, -0.2) is 9.97 Å². The molecule has 4 rings (SSSR count). The van der Waals surface area contributed by atoms with E-state index in [1.165, 1.54) is 17.7 Å². The van der Waals surface area contributed by atoms with E-state index in [0.29, 0.717) is 11.8 Å². The van der Waals surface area contributed by atoms with Crippen LogP contribution in [0.15, 0.2) is 60.8 Å². The third kappa shape index (κ3) is 2.37. The molecule has 0 saturated heterocycles. The predicted octanol–water partition coefficient (Wildman–Crippen LogP) is 5.12. The Hall–Kier alpha value is -2.42. The average Bonchev–Trinajstić information content (AvgIpc) is 2.90. The van der Waals surface area contributed by atoms with Gasteiger partial charge in [-0.25, -0.2) is 9.37 Å². The number of hydrogen-bond acceptors (Lipinski definition) is 1. The van der Waals surface area contributed by atoms with E-state index in [2.05, 4.69) is 48.1 Å². The van der Waals surface area contributed by atoms with E-state index >= 15 is 0 Å². The van der Waals surface area contributed by atoms with Crippen LogP contribution in [0, 0.1) is 11.2 Å². The first-order valence-electron chi connectivity index (χ1n) is 7.93. The summed E-state index contributed by atoms with van der Waals surface area (Å²) in [5.74, 6) is 1.40. The average molecular weight is 306 g/mol. The van der Waals surface area contributed by atoms with Crippen molar-refractivity contribution in [3.8, 4) is 11.4 Å². The minimum absolute atomic E-state index is 0.201. The molecule has 1 fully saturated rings. The van der Waals surface area contributed by atoms with Crippen LogP contribution in [0.3, 0.4) is 0 Å². The molecule has 0 amide bonds. The number of halogens is 1. The number of H-pyrrole nitrogens is 1. The lowest BCUT2D eigenvalue weighted by atomic mass is 10.0. The van der Waals surface area contributed by atoms with Crippen molar-refractivity contribution in [3.63, 3.8) is 0 Å². The Labute approximate surface area is 135 Å². The minimum Gasteiger partial charge on any atom is -0.342 e. The van der Waals surface area contributed by atoms with Crippen molar-refractivity contribution in [1.29, 1.82) is 0 Å². The number of benzene rings is 2. The second-order valence-corrected chi connectivity index (χ2v) is 6.88. The fourth-order valence-electron chi connectivity index (χ4n) is 3.78. The Bertz CT molecular complexity index is 836. The fourth-order valence-corrected chi connectivity index (χ4v) is 3.78. The van der Waals surface area contributed by atoms with Crippen molar-refractivity contribution < 1.29 is 4.39 Å². The lowest BCUT2D eigenvalue weighted by Gasteiger charge is -2.01. The molecular formula is C20H19FN2. The highest BCUT2D eigenvalue weighted by molar-refractivity contribution is 5.56. The summed E-state index contributed by atoms with van der Waals surface area (Å²) in [5.41, 5.74) is 3.48. The molecule has 1 aromatic heterocycles. The van der Waals surface area contributed by atoms with Gasteiger partial charge in [-0.05, 0) is 29.0 Å². The van der Waals surface area contributed by atoms with E-state index in [4.69, 9.17) is 0 Å². The first-order chi connectivity index (χ1) is 11.1. The number of imidazole rings is 1. The minimum atomic E-state index is -0.241. The monoisotopic (exact) mass is 306 g/mol. The standard InChI is InChI=1S/C20H19FN2/c1-20(2)17(13-7-4-3-5-8-13)18(20)16-12-22-19(23-16)14-9-6-10-15(21)11-14/h3-12,17-18H,1-2H3,(H,22,23)/t17-,18-/m0/s1. The zero-order valence-corrected chi connectivity index (χ0v) is 13.3. The molecule has 0 spiro atoms. The van der Waals surface area contributed by atoms with Gasteiger partial charge in [0.05, 0.1) is 0 Å². The number of aromatic nitrogens is 2. The second-order valence-electron chi connectivity index (χ2n) is 6.88. The highest BCUT2D eigenvalue weighted by Crippen LogP contribution is 2.69. The maximum absolute atomic E-state index is 13.4. The molecule has 1 N–H and O–H groups in total. The molecule has 2 atom stereocenters. The first kappa shape index (κ1) is 14.2. The summed E-state index contributed by atoms with van der Waals surface area (Å²) in [7, 11) is 0. The number of aromatic amines is 1. The molecule has 23 heavy (non-hydrogen) atoms. The predicted molar refractivity (Wildman–Crippen MR) is 89.7 cm³/mol. The van der Waals surface area contributed by atoms with Crippen LogP contribution in [-0.2, 0) is 0 Å². The van der Waals surface area contributed by atoms with Crippen LogP contribution in [0.1, 0.15) is 36.9 Å². The van der Waals surface area contributed by atoms with Crippen molar-refractivity contribution in [3.05, 3.63) is 77.9 Å². The summed E-state index contributed by atoms with van der Waals surface area (Å²) in [6, 6.07) is 17.1. The van der Waals surface area contributed by atoms with Crippen molar-refractivity contribution in [1.82, 2.24) is 9.97 Å². The van der Waals surface area contributed by atoms with E-state index in [0.717, 1.165) is 17.1 Å². The molecule has 0 bridgehead atoms. The highest BCUT2D eigenvalue weighted by atomic mass is 19.1. The summed E-state index contributed by atoms with van der Waals surface area (Å²) in [6.07, 6.45) is 1.90. The van der Waals surface area contributed by atoms with Gasteiger partial charge in [0.2, 0.25) is 0 Å². The Kier molecular flexibility index (Phi) is 3.12. The fraction of sp³-hybridized carbons (Fsp3) is 0.250. The molecule has 2 nitrogen and oxygen atoms in total. The van der Waals surface area contributed by atoms with Gasteiger partial charge in [0.15, 0.2) is 0 Å². The third-order valence-corrected chi connectivity index (χ3v) is 5.01. The maximum atomic E-state index is 13.4. The molecule has 3 aromatic rings. The Morgan fingerprint density at radius 2 is 1.78 bits per heavy atom. The Balaban J connectivity index is 1.65. The smallest absolute Gasteiger partial charge is 0.137 e. The van der Waals surface area contributed by atoms with E-state index in [1.54, 1.807) is 6.07 Å². The van der Waals surface area contributed by atoms with E-state index in [9.17, 15) is 4.39 Å². The summed E-state index contributed by atoms with van der Waals surface area (Å²) in [5, 5.41) is 0. The second kappa shape index (κ2) is 5.05. The van der Waals surface area contributed by atoms with Crippen LogP contribution in [0.5, 0.6) is 0 Å². The molecule has 116 valence electrons. The molecule has 1 aliphatic carbocycles. The largest absolute Gasteiger partial charge is 0.342 e. The Morgan fingerprint density at radius 1 is 1.00 bits per heavy atom. The first-order valence-corrected chi connectivity index (χ1v) is 7.93. The molecule has 0 radical (unpaired) electrons. The van der Waals surface area contributed by atoms with Gasteiger partial charge >= 0.3 is 0 Å². The van der Waals surface area contributed by atoms with Gasteiger partial charge in [0.25, 0.3) is 0 Å². The summed E-state index contributed by atoms with van der Waals surface area (Å²) < 4.78 is 13.4. The number of nitrogens with zero attached hydrogens (tertiary/aromatic N) is 1. The van der Waals surface area contributed by atoms with Crippen LogP contribution in [0.2, 0.25) is 0 Å². The zero-order valence-electron chi connectivity index (χ0n) is 13.3. The summed E-state index contributed by atoms with van der Waals surface area (Å²) in [6.45, 7) is 4.58. The topological polar surface area (TPSA) is 28.7 Å². The van der Waals surface area contributed by atoms with E-state index < -0.39 is 0 Å². The van der Waals surface area contributed by atoms with Crippen LogP contribution < -0.4 is 0 Å². The molecule has 3 heteroatoms. The van der Waals surface area contributed by atoms with Gasteiger partial charge in [0, 0.05) is 23.4 Å². The van der Waals surface area contributed by atoms with E-state index in [1.807, 2.05) is 18.3 Å². The maximum Gasteiger partial charge on any atom is 0.137 e. The summed E-state index contributed by atoms with van der Waals surface area (Å²) >= 11 is 0. The number of rotatable bonds is 3. The van der Waals surface area contributed by atoms with Gasteiger partial charge in [-0.15, -0.1) is 0 Å². The molecule has 2 aromatic carbocycles. The zero-order chi connectivity index (χ0) is 16.0. The molecular weight excluding hydrogens is 287 g/mol. The van der Waals surface area contributed by atoms with Gasteiger partial charge < -0.3 is 4.98 Å². The SMILES string of the molecule is CC1(C)[C@@H](c2ccccc2)[C@@H]1c1cnc(-c2cccc(F)c2)[nH]1. The third-order valence-electron chi connectivity index (χ3n) is 5.01. The van der Waals surface area contributed by atoms with Gasteiger partial charge in [-0.2, -0.15) is 0 Å². The molecule has 1 saturated carbocycles. The highest BCUT2D eigenvalue weighted by Gasteiger charge is 2.59. The van der Waals surface area contributed by atoms with Gasteiger partial charge in [-0.3, -0.25) is 0 Å². The van der Waals surface area contributed by atoms with Crippen molar-refractivity contribution in [2.24, 2.45) is 5.41 Å².